The number of rotatable bonds is 3. The van der Waals surface area contributed by atoms with E-state index < -0.39 is 0 Å². The van der Waals surface area contributed by atoms with E-state index in [0.29, 0.717) is 31.2 Å². The second-order valence-electron chi connectivity index (χ2n) is 8.46. The number of hydrogen-bond donors (Lipinski definition) is 1. The molecule has 2 aliphatic heterocycles. The van der Waals surface area contributed by atoms with Gasteiger partial charge in [-0.25, -0.2) is 0 Å². The van der Waals surface area contributed by atoms with Gasteiger partial charge in [0.2, 0.25) is 11.8 Å². The average Bonchev–Trinajstić information content (AvgIpc) is 3.48. The van der Waals surface area contributed by atoms with Gasteiger partial charge in [0.05, 0.1) is 22.8 Å². The number of likely N-dealkylation sites (tertiary alicyclic amines) is 2. The van der Waals surface area contributed by atoms with Crippen LogP contribution in [0.3, 0.4) is 0 Å². The van der Waals surface area contributed by atoms with Crippen molar-refractivity contribution in [3.05, 3.63) is 36.0 Å². The Labute approximate surface area is 164 Å². The molecule has 3 fully saturated rings. The van der Waals surface area contributed by atoms with Gasteiger partial charge < -0.3 is 15.5 Å². The molecule has 0 unspecified atom stereocenters. The van der Waals surface area contributed by atoms with E-state index in [9.17, 15) is 9.59 Å². The van der Waals surface area contributed by atoms with Crippen LogP contribution in [0, 0.1) is 5.92 Å². The van der Waals surface area contributed by atoms with Gasteiger partial charge in [-0.05, 0) is 37.8 Å². The summed E-state index contributed by atoms with van der Waals surface area (Å²) in [7, 11) is 0. The van der Waals surface area contributed by atoms with Crippen molar-refractivity contribution in [1.29, 1.82) is 0 Å². The Kier molecular flexibility index (Phi) is 4.22. The van der Waals surface area contributed by atoms with Gasteiger partial charge in [0.1, 0.15) is 0 Å². The number of benzene rings is 1. The largest absolute Gasteiger partial charge is 0.397 e. The predicted octanol–water partition coefficient (Wildman–Crippen LogP) is 2.53. The maximum atomic E-state index is 13.1. The third-order valence-corrected chi connectivity index (χ3v) is 6.40. The highest BCUT2D eigenvalue weighted by molar-refractivity contribution is 5.89. The number of pyridine rings is 1. The van der Waals surface area contributed by atoms with Crippen molar-refractivity contribution >= 4 is 28.4 Å². The first-order valence-corrected chi connectivity index (χ1v) is 10.3. The molecular weight excluding hydrogens is 352 g/mol. The van der Waals surface area contributed by atoms with Gasteiger partial charge in [0, 0.05) is 43.4 Å². The van der Waals surface area contributed by atoms with E-state index in [0.717, 1.165) is 48.8 Å². The summed E-state index contributed by atoms with van der Waals surface area (Å²) >= 11 is 0. The van der Waals surface area contributed by atoms with Crippen molar-refractivity contribution in [3.8, 4) is 0 Å². The molecule has 2 saturated heterocycles. The fraction of sp³-hybridized carbons (Fsp3) is 0.500. The first-order valence-electron chi connectivity index (χ1n) is 10.3. The van der Waals surface area contributed by atoms with E-state index in [2.05, 4.69) is 0 Å². The van der Waals surface area contributed by atoms with Crippen LogP contribution < -0.4 is 5.73 Å². The second kappa shape index (κ2) is 6.76. The monoisotopic (exact) mass is 378 g/mol. The summed E-state index contributed by atoms with van der Waals surface area (Å²) in [5.74, 6) is 0.239. The summed E-state index contributed by atoms with van der Waals surface area (Å²) in [4.78, 5) is 34.0. The van der Waals surface area contributed by atoms with Crippen LogP contribution in [0.25, 0.3) is 10.9 Å². The third-order valence-electron chi connectivity index (χ3n) is 6.40. The number of amides is 2. The van der Waals surface area contributed by atoms with Crippen LogP contribution in [0.1, 0.15) is 43.7 Å². The number of para-hydroxylation sites is 1. The summed E-state index contributed by atoms with van der Waals surface area (Å²) in [6.07, 6.45) is 4.47. The first-order chi connectivity index (χ1) is 13.6. The number of anilines is 1. The van der Waals surface area contributed by atoms with E-state index in [1.54, 1.807) is 0 Å². The van der Waals surface area contributed by atoms with E-state index in [4.69, 9.17) is 10.7 Å². The van der Waals surface area contributed by atoms with Crippen LogP contribution in [0.5, 0.6) is 0 Å². The molecule has 1 aliphatic carbocycles. The van der Waals surface area contributed by atoms with Crippen molar-refractivity contribution < 1.29 is 9.59 Å². The van der Waals surface area contributed by atoms with Gasteiger partial charge in [0.15, 0.2) is 0 Å². The molecule has 1 aromatic carbocycles. The summed E-state index contributed by atoms with van der Waals surface area (Å²) < 4.78 is 0. The maximum Gasteiger partial charge on any atom is 0.228 e. The number of nitrogens with two attached hydrogens (primary N) is 1. The Morgan fingerprint density at radius 2 is 1.96 bits per heavy atom. The molecule has 146 valence electrons. The van der Waals surface area contributed by atoms with Crippen LogP contribution in [0.2, 0.25) is 0 Å². The molecular formula is C22H26N4O2. The Hall–Kier alpha value is -2.63. The lowest BCUT2D eigenvalue weighted by Crippen LogP contribution is -2.43. The van der Waals surface area contributed by atoms with Gasteiger partial charge in [-0.1, -0.05) is 18.2 Å². The molecule has 2 aromatic rings. The van der Waals surface area contributed by atoms with Crippen molar-refractivity contribution in [2.45, 2.75) is 44.1 Å². The quantitative estimate of drug-likeness (QED) is 0.890. The highest BCUT2D eigenvalue weighted by atomic mass is 16.2. The molecule has 0 spiro atoms. The lowest BCUT2D eigenvalue weighted by atomic mass is 9.91. The third kappa shape index (κ3) is 3.11. The highest BCUT2D eigenvalue weighted by Crippen LogP contribution is 2.35. The zero-order valence-electron chi connectivity index (χ0n) is 16.0. The Bertz CT molecular complexity index is 939. The van der Waals surface area contributed by atoms with E-state index in [-0.39, 0.29) is 23.7 Å². The number of hydrogen-bond acceptors (Lipinski definition) is 4. The lowest BCUT2D eigenvalue weighted by Gasteiger charge is -2.34. The van der Waals surface area contributed by atoms with Crippen molar-refractivity contribution in [1.82, 2.24) is 14.8 Å². The van der Waals surface area contributed by atoms with Gasteiger partial charge in [-0.2, -0.15) is 0 Å². The Morgan fingerprint density at radius 1 is 1.14 bits per heavy atom. The van der Waals surface area contributed by atoms with Crippen molar-refractivity contribution in [2.75, 3.05) is 25.4 Å². The summed E-state index contributed by atoms with van der Waals surface area (Å²) in [5, 5.41) is 1.04. The van der Waals surface area contributed by atoms with E-state index in [1.807, 2.05) is 40.1 Å². The molecule has 3 heterocycles. The zero-order chi connectivity index (χ0) is 19.3. The number of piperidine rings is 1. The van der Waals surface area contributed by atoms with Gasteiger partial charge in [0.25, 0.3) is 0 Å². The minimum Gasteiger partial charge on any atom is -0.397 e. The molecule has 28 heavy (non-hydrogen) atoms. The number of nitrogen functional groups attached to an aromatic ring is 1. The number of carbonyl (C=O) groups is 2. The lowest BCUT2D eigenvalue weighted by molar-refractivity contribution is -0.137. The molecule has 1 saturated carbocycles. The smallest absolute Gasteiger partial charge is 0.228 e. The van der Waals surface area contributed by atoms with Crippen LogP contribution in [0.15, 0.2) is 30.3 Å². The normalized spacial score (nSPS) is 25.5. The van der Waals surface area contributed by atoms with Gasteiger partial charge in [-0.3, -0.25) is 14.6 Å². The predicted molar refractivity (Wildman–Crippen MR) is 108 cm³/mol. The minimum atomic E-state index is -0.186. The summed E-state index contributed by atoms with van der Waals surface area (Å²) in [6.45, 7) is 2.00. The van der Waals surface area contributed by atoms with Crippen LogP contribution in [0.4, 0.5) is 5.69 Å². The molecule has 6 heteroatoms. The van der Waals surface area contributed by atoms with Crippen molar-refractivity contribution in [2.24, 2.45) is 5.92 Å². The van der Waals surface area contributed by atoms with Crippen molar-refractivity contribution in [3.63, 3.8) is 0 Å². The molecule has 2 atom stereocenters. The number of nitrogens with zero attached hydrogens (tertiary/aromatic N) is 3. The molecule has 5 rings (SSSR count). The zero-order valence-corrected chi connectivity index (χ0v) is 16.0. The fourth-order valence-corrected chi connectivity index (χ4v) is 4.77. The minimum absolute atomic E-state index is 0.126. The number of aromatic nitrogens is 1. The van der Waals surface area contributed by atoms with Crippen LogP contribution in [-0.2, 0) is 9.59 Å². The Morgan fingerprint density at radius 3 is 2.79 bits per heavy atom. The maximum absolute atomic E-state index is 13.1. The van der Waals surface area contributed by atoms with Gasteiger partial charge in [-0.15, -0.1) is 0 Å². The first kappa shape index (κ1) is 17.5. The standard InChI is InChI=1S/C22H26N4O2/c23-18-10-14-4-1-2-6-19(14)24-21(18)15-5-3-9-25(12-15)22(28)16-11-20(27)26(13-16)17-7-8-17/h1-2,4,6,10,15-17H,3,5,7-9,11-13,23H2/t15-,16+/m0/s1. The molecule has 0 radical (unpaired) electrons. The van der Waals surface area contributed by atoms with Gasteiger partial charge >= 0.3 is 0 Å². The average molecular weight is 378 g/mol. The molecule has 6 nitrogen and oxygen atoms in total. The number of fused-ring (bicyclic) bond motifs is 1. The molecule has 2 N–H and O–H groups in total. The van der Waals surface area contributed by atoms with Crippen LogP contribution >= 0.6 is 0 Å². The van der Waals surface area contributed by atoms with Crippen LogP contribution in [-0.4, -0.2) is 52.3 Å². The van der Waals surface area contributed by atoms with E-state index in [1.165, 1.54) is 0 Å². The highest BCUT2D eigenvalue weighted by Gasteiger charge is 2.43. The molecule has 0 bridgehead atoms. The summed E-state index contributed by atoms with van der Waals surface area (Å²) in [6, 6.07) is 10.4. The number of carbonyl (C=O) groups excluding carboxylic acids is 2. The van der Waals surface area contributed by atoms with E-state index >= 15 is 0 Å². The molecule has 3 aliphatic rings. The fourth-order valence-electron chi connectivity index (χ4n) is 4.77. The Balaban J connectivity index is 1.33. The SMILES string of the molecule is Nc1cc2ccccc2nc1[C@H]1CCCN(C(=O)[C@@H]2CC(=O)N(C3CC3)C2)C1. The molecule has 2 amide bonds. The summed E-state index contributed by atoms with van der Waals surface area (Å²) in [5.41, 5.74) is 8.87. The topological polar surface area (TPSA) is 79.5 Å². The second-order valence-corrected chi connectivity index (χ2v) is 8.46. The molecule has 1 aromatic heterocycles.